The van der Waals surface area contributed by atoms with Gasteiger partial charge < -0.3 is 0 Å². The number of para-hydroxylation sites is 1. The van der Waals surface area contributed by atoms with E-state index in [9.17, 15) is 9.59 Å². The van der Waals surface area contributed by atoms with Gasteiger partial charge >= 0.3 is 0 Å². The second-order valence-corrected chi connectivity index (χ2v) is 8.09. The van der Waals surface area contributed by atoms with Crippen LogP contribution >= 0.6 is 11.8 Å². The molecule has 0 aliphatic rings. The quantitative estimate of drug-likeness (QED) is 0.212. The Morgan fingerprint density at radius 1 is 1.06 bits per heavy atom. The molecule has 8 heteroatoms. The molecule has 1 N–H and O–H groups in total. The topological polar surface area (TPSA) is 89.2 Å². The van der Waals surface area contributed by atoms with Crippen LogP contribution in [0.5, 0.6) is 0 Å². The molecule has 2 aromatic heterocycles. The zero-order chi connectivity index (χ0) is 22.5. The summed E-state index contributed by atoms with van der Waals surface area (Å²) in [7, 11) is 0. The van der Waals surface area contributed by atoms with E-state index in [1.807, 2.05) is 62.4 Å². The van der Waals surface area contributed by atoms with E-state index in [1.54, 1.807) is 29.1 Å². The normalized spacial score (nSPS) is 11.5. The van der Waals surface area contributed by atoms with Gasteiger partial charge in [0.2, 0.25) is 0 Å². The van der Waals surface area contributed by atoms with Crippen LogP contribution in [0.3, 0.4) is 0 Å². The number of amides is 1. The minimum atomic E-state index is -0.290. The van der Waals surface area contributed by atoms with Crippen LogP contribution < -0.4 is 11.0 Å². The molecule has 0 bridgehead atoms. The first-order valence-electron chi connectivity index (χ1n) is 9.98. The molecule has 1 amide bonds. The number of carbonyl (C=O) groups is 1. The number of aryl methyl sites for hydroxylation is 1. The predicted octanol–water partition coefficient (Wildman–Crippen LogP) is 3.72. The van der Waals surface area contributed by atoms with Crippen molar-refractivity contribution in [1.29, 1.82) is 0 Å². The number of nitrogens with one attached hydrogen (secondary N) is 1. The van der Waals surface area contributed by atoms with Gasteiger partial charge in [-0.05, 0) is 50.2 Å². The lowest BCUT2D eigenvalue weighted by molar-refractivity contribution is -0.118. The number of carbonyl (C=O) groups excluding carboxylic acids is 1. The van der Waals surface area contributed by atoms with Crippen molar-refractivity contribution in [1.82, 2.24) is 20.0 Å². The molecule has 0 unspecified atom stereocenters. The number of hydrogen-bond donors (Lipinski definition) is 1. The molecule has 0 aliphatic heterocycles. The van der Waals surface area contributed by atoms with Gasteiger partial charge in [-0.25, -0.2) is 10.4 Å². The summed E-state index contributed by atoms with van der Waals surface area (Å²) in [4.78, 5) is 34.3. The standard InChI is InChI=1S/C24H21N5O2S/c1-16-7-9-19(10-8-16)29-23(31)20-5-3-4-6-21(20)26-24(29)32-15-22(30)28-27-17(2)18-11-13-25-14-12-18/h3-14H,15H2,1-2H3,(H,28,30). The molecule has 4 aromatic rings. The molecule has 160 valence electrons. The number of hydrogen-bond acceptors (Lipinski definition) is 6. The highest BCUT2D eigenvalue weighted by atomic mass is 32.2. The van der Waals surface area contributed by atoms with E-state index in [2.05, 4.69) is 20.5 Å². The van der Waals surface area contributed by atoms with Crippen molar-refractivity contribution in [3.05, 3.63) is 94.5 Å². The molecule has 0 aliphatic carbocycles. The number of pyridine rings is 1. The fourth-order valence-corrected chi connectivity index (χ4v) is 3.90. The van der Waals surface area contributed by atoms with Crippen LogP contribution in [0.15, 0.2) is 88.1 Å². The lowest BCUT2D eigenvalue weighted by atomic mass is 10.2. The first-order chi connectivity index (χ1) is 15.5. The highest BCUT2D eigenvalue weighted by Crippen LogP contribution is 2.21. The van der Waals surface area contributed by atoms with Gasteiger partial charge in [0.05, 0.1) is 28.1 Å². The Kier molecular flexibility index (Phi) is 6.42. The van der Waals surface area contributed by atoms with Crippen molar-refractivity contribution < 1.29 is 4.79 Å². The van der Waals surface area contributed by atoms with Crippen molar-refractivity contribution in [2.24, 2.45) is 5.10 Å². The summed E-state index contributed by atoms with van der Waals surface area (Å²) < 4.78 is 1.55. The third kappa shape index (κ3) is 4.76. The van der Waals surface area contributed by atoms with Crippen molar-refractivity contribution >= 4 is 34.3 Å². The summed E-state index contributed by atoms with van der Waals surface area (Å²) in [5, 5.41) is 5.13. The van der Waals surface area contributed by atoms with Gasteiger partial charge in [0, 0.05) is 18.0 Å². The number of hydrazone groups is 1. The third-order valence-corrected chi connectivity index (χ3v) is 5.75. The zero-order valence-corrected chi connectivity index (χ0v) is 18.5. The molecule has 0 saturated carbocycles. The van der Waals surface area contributed by atoms with Gasteiger partial charge in [-0.15, -0.1) is 0 Å². The Morgan fingerprint density at radius 2 is 1.78 bits per heavy atom. The Labute approximate surface area is 189 Å². The Morgan fingerprint density at radius 3 is 2.53 bits per heavy atom. The molecular formula is C24H21N5O2S. The van der Waals surface area contributed by atoms with Crippen LogP contribution in [-0.4, -0.2) is 31.9 Å². The van der Waals surface area contributed by atoms with Crippen LogP contribution in [0.1, 0.15) is 18.1 Å². The van der Waals surface area contributed by atoms with E-state index in [-0.39, 0.29) is 17.2 Å². The first kappa shape index (κ1) is 21.5. The summed E-state index contributed by atoms with van der Waals surface area (Å²) in [5.41, 5.74) is 6.32. The van der Waals surface area contributed by atoms with Crippen LogP contribution in [-0.2, 0) is 4.79 Å². The third-order valence-electron chi connectivity index (χ3n) is 4.82. The second kappa shape index (κ2) is 9.57. The molecule has 2 aromatic carbocycles. The van der Waals surface area contributed by atoms with Gasteiger partial charge in [0.1, 0.15) is 0 Å². The van der Waals surface area contributed by atoms with Gasteiger partial charge in [0.25, 0.3) is 11.5 Å². The van der Waals surface area contributed by atoms with Crippen molar-refractivity contribution in [2.75, 3.05) is 5.75 Å². The molecule has 0 saturated heterocycles. The summed E-state index contributed by atoms with van der Waals surface area (Å²) in [5.74, 6) is -0.231. The Hall–Kier alpha value is -3.78. The van der Waals surface area contributed by atoms with Crippen LogP contribution in [0.4, 0.5) is 0 Å². The molecule has 7 nitrogen and oxygen atoms in total. The number of rotatable bonds is 6. The highest BCUT2D eigenvalue weighted by Gasteiger charge is 2.14. The van der Waals surface area contributed by atoms with Crippen molar-refractivity contribution in [2.45, 2.75) is 19.0 Å². The molecule has 0 fully saturated rings. The molecule has 0 radical (unpaired) electrons. The lowest BCUT2D eigenvalue weighted by Gasteiger charge is -2.13. The zero-order valence-electron chi connectivity index (χ0n) is 17.6. The minimum Gasteiger partial charge on any atom is -0.272 e. The van der Waals surface area contributed by atoms with E-state index in [0.717, 1.165) is 11.1 Å². The van der Waals surface area contributed by atoms with Gasteiger partial charge in [-0.1, -0.05) is 41.6 Å². The fraction of sp³-hybridized carbons (Fsp3) is 0.125. The molecule has 0 spiro atoms. The summed E-state index contributed by atoms with van der Waals surface area (Å²) in [6.45, 7) is 3.79. The molecule has 0 atom stereocenters. The maximum absolute atomic E-state index is 13.2. The average Bonchev–Trinajstić information content (AvgIpc) is 2.82. The maximum atomic E-state index is 13.2. The second-order valence-electron chi connectivity index (χ2n) is 7.14. The highest BCUT2D eigenvalue weighted by molar-refractivity contribution is 7.99. The smallest absolute Gasteiger partial charge is 0.266 e. The SMILES string of the molecule is CC(=NNC(=O)CSc1nc2ccccc2c(=O)n1-c1ccc(C)cc1)c1ccncc1. The van der Waals surface area contributed by atoms with Crippen LogP contribution in [0.2, 0.25) is 0 Å². The lowest BCUT2D eigenvalue weighted by Crippen LogP contribution is -2.24. The van der Waals surface area contributed by atoms with Gasteiger partial charge in [-0.3, -0.25) is 19.1 Å². The molecule has 2 heterocycles. The van der Waals surface area contributed by atoms with E-state index in [0.29, 0.717) is 27.5 Å². The largest absolute Gasteiger partial charge is 0.272 e. The fourth-order valence-electron chi connectivity index (χ4n) is 3.10. The van der Waals surface area contributed by atoms with Crippen molar-refractivity contribution in [3.63, 3.8) is 0 Å². The van der Waals surface area contributed by atoms with Crippen LogP contribution in [0, 0.1) is 6.92 Å². The minimum absolute atomic E-state index is 0.0593. The average molecular weight is 444 g/mol. The molecule has 32 heavy (non-hydrogen) atoms. The monoisotopic (exact) mass is 443 g/mol. The molecular weight excluding hydrogens is 422 g/mol. The van der Waals surface area contributed by atoms with Gasteiger partial charge in [0.15, 0.2) is 5.16 Å². The number of benzene rings is 2. The number of fused-ring (bicyclic) bond motifs is 1. The number of thioether (sulfide) groups is 1. The van der Waals surface area contributed by atoms with Crippen LogP contribution in [0.25, 0.3) is 16.6 Å². The summed E-state index contributed by atoms with van der Waals surface area (Å²) in [6.07, 6.45) is 3.34. The Bertz CT molecular complexity index is 1350. The number of nitrogens with zero attached hydrogens (tertiary/aromatic N) is 4. The number of aromatic nitrogens is 3. The van der Waals surface area contributed by atoms with E-state index in [4.69, 9.17) is 0 Å². The van der Waals surface area contributed by atoms with E-state index in [1.165, 1.54) is 11.8 Å². The van der Waals surface area contributed by atoms with Crippen molar-refractivity contribution in [3.8, 4) is 5.69 Å². The Balaban J connectivity index is 1.59. The first-order valence-corrected chi connectivity index (χ1v) is 11.0. The van der Waals surface area contributed by atoms with E-state index >= 15 is 0 Å². The molecule has 4 rings (SSSR count). The maximum Gasteiger partial charge on any atom is 0.266 e. The predicted molar refractivity (Wildman–Crippen MR) is 127 cm³/mol. The summed E-state index contributed by atoms with van der Waals surface area (Å²) >= 11 is 1.19. The summed E-state index contributed by atoms with van der Waals surface area (Å²) in [6, 6.07) is 18.5. The van der Waals surface area contributed by atoms with E-state index < -0.39 is 0 Å². The van der Waals surface area contributed by atoms with Gasteiger partial charge in [-0.2, -0.15) is 5.10 Å².